The minimum Gasteiger partial charge on any atom is -0.491 e. The van der Waals surface area contributed by atoms with Gasteiger partial charge in [0.1, 0.15) is 29.7 Å². The molecule has 0 radical (unpaired) electrons. The molecule has 1 aliphatic heterocycles. The van der Waals surface area contributed by atoms with E-state index in [4.69, 9.17) is 9.84 Å². The number of fused-ring (bicyclic) bond motifs is 2. The van der Waals surface area contributed by atoms with Gasteiger partial charge >= 0.3 is 0 Å². The van der Waals surface area contributed by atoms with E-state index in [0.29, 0.717) is 41.8 Å². The molecule has 6 nitrogen and oxygen atoms in total. The van der Waals surface area contributed by atoms with Crippen molar-refractivity contribution in [3.05, 3.63) is 64.4 Å². The van der Waals surface area contributed by atoms with Gasteiger partial charge in [0.05, 0.1) is 12.2 Å². The number of halogens is 2. The van der Waals surface area contributed by atoms with Gasteiger partial charge in [0.15, 0.2) is 0 Å². The maximum absolute atomic E-state index is 14.8. The first-order valence-electron chi connectivity index (χ1n) is 10.6. The van der Waals surface area contributed by atoms with Gasteiger partial charge in [-0.05, 0) is 62.1 Å². The predicted octanol–water partition coefficient (Wildman–Crippen LogP) is 3.63. The van der Waals surface area contributed by atoms with Crippen LogP contribution in [0.5, 0.6) is 5.75 Å². The molecular weight excluding hydrogens is 418 g/mol. The first kappa shape index (κ1) is 22.2. The van der Waals surface area contributed by atoms with Crippen molar-refractivity contribution >= 4 is 16.8 Å². The number of ether oxygens (including phenoxy) is 1. The van der Waals surface area contributed by atoms with Crippen LogP contribution in [0.1, 0.15) is 47.4 Å². The van der Waals surface area contributed by atoms with E-state index in [1.165, 1.54) is 18.2 Å². The lowest BCUT2D eigenvalue weighted by molar-refractivity contribution is 0.0739. The number of aryl methyl sites for hydroxylation is 1. The van der Waals surface area contributed by atoms with Gasteiger partial charge in [0, 0.05) is 35.6 Å². The maximum Gasteiger partial charge on any atom is 0.270 e. The topological polar surface area (TPSA) is 85.8 Å². The summed E-state index contributed by atoms with van der Waals surface area (Å²) in [6.07, 6.45) is 1.22. The van der Waals surface area contributed by atoms with E-state index in [2.05, 4.69) is 4.98 Å². The quantitative estimate of drug-likeness (QED) is 0.561. The summed E-state index contributed by atoms with van der Waals surface area (Å²) < 4.78 is 34.7. The van der Waals surface area contributed by atoms with Crippen molar-refractivity contribution < 1.29 is 28.5 Å². The third kappa shape index (κ3) is 4.33. The van der Waals surface area contributed by atoms with Gasteiger partial charge in [-0.1, -0.05) is 0 Å². The van der Waals surface area contributed by atoms with Crippen molar-refractivity contribution in [1.29, 1.82) is 0 Å². The third-order valence-electron chi connectivity index (χ3n) is 5.76. The summed E-state index contributed by atoms with van der Waals surface area (Å²) in [4.78, 5) is 17.7. The molecule has 32 heavy (non-hydrogen) atoms. The van der Waals surface area contributed by atoms with Crippen LogP contribution in [0, 0.1) is 11.6 Å². The summed E-state index contributed by atoms with van der Waals surface area (Å²) in [5.74, 6) is -0.993. The number of hydrogen-bond acceptors (Lipinski definition) is 4. The van der Waals surface area contributed by atoms with E-state index in [1.807, 2.05) is 0 Å². The third-order valence-corrected chi connectivity index (χ3v) is 5.76. The lowest BCUT2D eigenvalue weighted by Crippen LogP contribution is -2.31. The molecule has 0 aliphatic carbocycles. The number of hydrogen-bond donors (Lipinski definition) is 3. The predicted molar refractivity (Wildman–Crippen MR) is 116 cm³/mol. The number of nitrogens with one attached hydrogen (secondary N) is 1. The average molecular weight is 444 g/mol. The van der Waals surface area contributed by atoms with Crippen LogP contribution in [0.4, 0.5) is 8.78 Å². The van der Waals surface area contributed by atoms with E-state index < -0.39 is 17.2 Å². The van der Waals surface area contributed by atoms with Gasteiger partial charge < -0.3 is 24.8 Å². The molecule has 4 rings (SSSR count). The van der Waals surface area contributed by atoms with Gasteiger partial charge in [0.25, 0.3) is 5.91 Å². The second-order valence-corrected chi connectivity index (χ2v) is 8.61. The standard InChI is InChI=1S/C24H26F2N2O4/c1-24(2,31)15-9-19(25)17-12-22(27-21(17)10-15)23(30)28-5-3-4-14-8-16(32-7-6-29)11-20(26)18(14)13-28/h8-12,27,29,31H,3-7,13H2,1-2H3. The molecule has 2 heterocycles. The van der Waals surface area contributed by atoms with Gasteiger partial charge in [-0.2, -0.15) is 0 Å². The summed E-state index contributed by atoms with van der Waals surface area (Å²) in [7, 11) is 0. The van der Waals surface area contributed by atoms with Gasteiger partial charge in [-0.3, -0.25) is 4.79 Å². The van der Waals surface area contributed by atoms with Crippen LogP contribution in [-0.4, -0.2) is 45.8 Å². The van der Waals surface area contributed by atoms with E-state index in [1.54, 1.807) is 30.9 Å². The van der Waals surface area contributed by atoms with Crippen LogP contribution >= 0.6 is 0 Å². The van der Waals surface area contributed by atoms with Crippen molar-refractivity contribution in [3.63, 3.8) is 0 Å². The number of aliphatic hydroxyl groups is 2. The Hall–Kier alpha value is -2.97. The van der Waals surface area contributed by atoms with E-state index in [-0.39, 0.29) is 36.7 Å². The van der Waals surface area contributed by atoms with Gasteiger partial charge in [0.2, 0.25) is 0 Å². The molecule has 8 heteroatoms. The molecule has 0 atom stereocenters. The molecule has 1 aliphatic rings. The highest BCUT2D eigenvalue weighted by Crippen LogP contribution is 2.30. The monoisotopic (exact) mass is 444 g/mol. The van der Waals surface area contributed by atoms with Crippen LogP contribution < -0.4 is 4.74 Å². The molecule has 0 saturated heterocycles. The summed E-state index contributed by atoms with van der Waals surface area (Å²) in [6.45, 7) is 3.55. The second kappa shape index (κ2) is 8.52. The Morgan fingerprint density at radius 3 is 2.69 bits per heavy atom. The molecule has 0 fully saturated rings. The molecule has 0 spiro atoms. The van der Waals surface area contributed by atoms with Gasteiger partial charge in [-0.15, -0.1) is 0 Å². The number of benzene rings is 2. The minimum atomic E-state index is -1.23. The average Bonchev–Trinajstić information content (AvgIpc) is 3.05. The molecule has 1 amide bonds. The fraction of sp³-hybridized carbons (Fsp3) is 0.375. The molecule has 0 bridgehead atoms. The number of carbonyl (C=O) groups excluding carboxylic acids is 1. The molecule has 3 aromatic rings. The fourth-order valence-corrected chi connectivity index (χ4v) is 4.05. The molecule has 0 saturated carbocycles. The molecule has 170 valence electrons. The minimum absolute atomic E-state index is 0.0783. The Balaban J connectivity index is 1.63. The van der Waals surface area contributed by atoms with Crippen molar-refractivity contribution in [1.82, 2.24) is 9.88 Å². The Morgan fingerprint density at radius 1 is 1.19 bits per heavy atom. The number of aromatic nitrogens is 1. The summed E-state index contributed by atoms with van der Waals surface area (Å²) in [6, 6.07) is 7.35. The molecule has 3 N–H and O–H groups in total. The summed E-state index contributed by atoms with van der Waals surface area (Å²) >= 11 is 0. The first-order chi connectivity index (χ1) is 15.2. The van der Waals surface area contributed by atoms with Crippen molar-refractivity contribution in [3.8, 4) is 5.75 Å². The SMILES string of the molecule is CC(C)(O)c1cc(F)c2cc(C(=O)N3CCCc4cc(OCCO)cc(F)c4C3)[nH]c2c1. The zero-order valence-electron chi connectivity index (χ0n) is 18.0. The van der Waals surface area contributed by atoms with Crippen LogP contribution in [-0.2, 0) is 18.6 Å². The largest absolute Gasteiger partial charge is 0.491 e. The maximum atomic E-state index is 14.8. The number of carbonyl (C=O) groups is 1. The van der Waals surface area contributed by atoms with Gasteiger partial charge in [-0.25, -0.2) is 8.78 Å². The number of H-pyrrole nitrogens is 1. The normalized spacial score (nSPS) is 14.4. The Kier molecular flexibility index (Phi) is 5.92. The first-order valence-corrected chi connectivity index (χ1v) is 10.6. The summed E-state index contributed by atoms with van der Waals surface area (Å²) in [5.41, 5.74) is 0.991. The molecule has 2 aromatic carbocycles. The number of aromatic amines is 1. The zero-order chi connectivity index (χ0) is 23.0. The van der Waals surface area contributed by atoms with E-state index >= 15 is 0 Å². The number of aliphatic hydroxyl groups excluding tert-OH is 1. The van der Waals surface area contributed by atoms with Crippen LogP contribution in [0.2, 0.25) is 0 Å². The number of rotatable bonds is 5. The number of amides is 1. The van der Waals surface area contributed by atoms with Crippen LogP contribution in [0.15, 0.2) is 30.3 Å². The van der Waals surface area contributed by atoms with Crippen LogP contribution in [0.3, 0.4) is 0 Å². The highest BCUT2D eigenvalue weighted by atomic mass is 19.1. The fourth-order valence-electron chi connectivity index (χ4n) is 4.05. The molecule has 0 unspecified atom stereocenters. The lowest BCUT2D eigenvalue weighted by Gasteiger charge is -2.20. The zero-order valence-corrected chi connectivity index (χ0v) is 18.0. The smallest absolute Gasteiger partial charge is 0.270 e. The number of nitrogens with zero attached hydrogens (tertiary/aromatic N) is 1. The lowest BCUT2D eigenvalue weighted by atomic mass is 9.97. The van der Waals surface area contributed by atoms with Crippen molar-refractivity contribution in [2.45, 2.75) is 38.8 Å². The molecular formula is C24H26F2N2O4. The van der Waals surface area contributed by atoms with E-state index in [0.717, 1.165) is 5.56 Å². The summed E-state index contributed by atoms with van der Waals surface area (Å²) in [5, 5.41) is 19.4. The van der Waals surface area contributed by atoms with Crippen molar-refractivity contribution in [2.24, 2.45) is 0 Å². The Labute approximate surface area is 184 Å². The highest BCUT2D eigenvalue weighted by molar-refractivity contribution is 5.98. The van der Waals surface area contributed by atoms with E-state index in [9.17, 15) is 18.7 Å². The highest BCUT2D eigenvalue weighted by Gasteiger charge is 2.26. The second-order valence-electron chi connectivity index (χ2n) is 8.61. The van der Waals surface area contributed by atoms with Crippen molar-refractivity contribution in [2.75, 3.05) is 19.8 Å². The van der Waals surface area contributed by atoms with Crippen LogP contribution in [0.25, 0.3) is 10.9 Å². The Morgan fingerprint density at radius 2 is 1.97 bits per heavy atom. The molecule has 1 aromatic heterocycles. The Bertz CT molecular complexity index is 1170.